The first kappa shape index (κ1) is 15.3. The molecular weight excluding hydrogens is 244 g/mol. The molecule has 1 rings (SSSR count). The van der Waals surface area contributed by atoms with Gasteiger partial charge in [0, 0.05) is 18.0 Å². The van der Waals surface area contributed by atoms with Gasteiger partial charge in [-0.05, 0) is 45.4 Å². The number of rotatable bonds is 6. The molecule has 0 unspecified atom stereocenters. The molecule has 0 atom stereocenters. The van der Waals surface area contributed by atoms with Gasteiger partial charge in [-0.15, -0.1) is 0 Å². The summed E-state index contributed by atoms with van der Waals surface area (Å²) in [5.74, 6) is 0. The maximum atomic E-state index is 5.57. The van der Waals surface area contributed by atoms with Crippen molar-refractivity contribution in [1.29, 1.82) is 0 Å². The van der Waals surface area contributed by atoms with Crippen LogP contribution >= 0.6 is 0 Å². The lowest BCUT2D eigenvalue weighted by atomic mass is 10.0. The van der Waals surface area contributed by atoms with Gasteiger partial charge in [-0.3, -0.25) is 10.4 Å². The standard InChI is InChI=1S/C18H18N2/c1-6-13(2)17(11-19)9-15(4)16(5)10-18-12-20-8-7-14(18)3/h6-12,19H,1-5H2/p+1/b17-9-,18-10-,19-11?. The van der Waals surface area contributed by atoms with Gasteiger partial charge in [0.05, 0.1) is 0 Å². The second kappa shape index (κ2) is 7.00. The van der Waals surface area contributed by atoms with Gasteiger partial charge in [0.2, 0.25) is 0 Å². The fourth-order valence-corrected chi connectivity index (χ4v) is 1.49. The topological polar surface area (TPSA) is 38.5 Å². The molecule has 0 aromatic carbocycles. The third-order valence-corrected chi connectivity index (χ3v) is 2.81. The van der Waals surface area contributed by atoms with E-state index in [9.17, 15) is 0 Å². The molecule has 20 heavy (non-hydrogen) atoms. The van der Waals surface area contributed by atoms with Crippen LogP contribution in [0.5, 0.6) is 0 Å². The predicted octanol–water partition coefficient (Wildman–Crippen LogP) is 0.883. The molecule has 0 aliphatic heterocycles. The minimum absolute atomic E-state index is 0.737. The number of hydrogen-bond acceptors (Lipinski definition) is 1. The van der Waals surface area contributed by atoms with Crippen LogP contribution in [0.1, 0.15) is 0 Å². The fourth-order valence-electron chi connectivity index (χ4n) is 1.49. The zero-order chi connectivity index (χ0) is 15.1. The largest absolute Gasteiger partial charge is 0.264 e. The summed E-state index contributed by atoms with van der Waals surface area (Å²) >= 11 is 0. The third-order valence-electron chi connectivity index (χ3n) is 2.81. The van der Waals surface area contributed by atoms with E-state index >= 15 is 0 Å². The first-order valence-corrected chi connectivity index (χ1v) is 6.06. The van der Waals surface area contributed by atoms with Crippen molar-refractivity contribution < 1.29 is 5.41 Å². The Labute approximate surface area is 119 Å². The molecule has 2 nitrogen and oxygen atoms in total. The van der Waals surface area contributed by atoms with Crippen molar-refractivity contribution >= 4 is 18.9 Å². The van der Waals surface area contributed by atoms with Crippen molar-refractivity contribution in [1.82, 2.24) is 4.98 Å². The van der Waals surface area contributed by atoms with Crippen molar-refractivity contribution in [3.8, 4) is 0 Å². The van der Waals surface area contributed by atoms with E-state index in [0.717, 1.165) is 32.7 Å². The molecule has 0 saturated carbocycles. The Bertz CT molecular complexity index is 718. The molecule has 0 spiro atoms. The molecule has 1 aromatic heterocycles. The highest BCUT2D eigenvalue weighted by molar-refractivity contribution is 5.83. The molecule has 2 heteroatoms. The number of pyridine rings is 1. The Kier molecular flexibility index (Phi) is 5.36. The lowest BCUT2D eigenvalue weighted by Crippen LogP contribution is -2.30. The van der Waals surface area contributed by atoms with E-state index < -0.39 is 0 Å². The summed E-state index contributed by atoms with van der Waals surface area (Å²) in [5, 5.41) is 7.37. The molecule has 0 amide bonds. The van der Waals surface area contributed by atoms with Gasteiger partial charge >= 0.3 is 0 Å². The number of aromatic nitrogens is 1. The van der Waals surface area contributed by atoms with Gasteiger partial charge in [0.1, 0.15) is 0 Å². The van der Waals surface area contributed by atoms with E-state index in [1.165, 1.54) is 6.21 Å². The highest BCUT2D eigenvalue weighted by Crippen LogP contribution is 2.14. The molecule has 0 aliphatic rings. The minimum Gasteiger partial charge on any atom is -0.264 e. The molecule has 2 N–H and O–H groups in total. The van der Waals surface area contributed by atoms with E-state index in [0.29, 0.717) is 0 Å². The maximum Gasteiger partial charge on any atom is 0.168 e. The van der Waals surface area contributed by atoms with Gasteiger partial charge in [-0.2, -0.15) is 0 Å². The van der Waals surface area contributed by atoms with Crippen LogP contribution in [0.2, 0.25) is 0 Å². The number of nitrogens with two attached hydrogens (primary N) is 1. The summed E-state index contributed by atoms with van der Waals surface area (Å²) in [6.45, 7) is 19.4. The van der Waals surface area contributed by atoms with Crippen molar-refractivity contribution in [3.63, 3.8) is 0 Å². The quantitative estimate of drug-likeness (QED) is 0.600. The number of nitrogens with zero attached hydrogens (tertiary/aromatic N) is 1. The first-order valence-electron chi connectivity index (χ1n) is 6.06. The van der Waals surface area contributed by atoms with Crippen molar-refractivity contribution in [3.05, 3.63) is 89.7 Å². The van der Waals surface area contributed by atoms with E-state index in [-0.39, 0.29) is 0 Å². The highest BCUT2D eigenvalue weighted by atomic mass is 14.6. The zero-order valence-electron chi connectivity index (χ0n) is 11.6. The SMILES string of the molecule is C=CC(=C)/C(C=[NH2+])=C\C(=C)C(=C)/C=c1/cnccc1=C. The molecule has 0 saturated heterocycles. The van der Waals surface area contributed by atoms with Crippen LogP contribution in [0.4, 0.5) is 0 Å². The van der Waals surface area contributed by atoms with Crippen LogP contribution in [-0.4, -0.2) is 11.2 Å². The zero-order valence-corrected chi connectivity index (χ0v) is 11.6. The summed E-state index contributed by atoms with van der Waals surface area (Å²) in [5.41, 5.74) is 3.01. The summed E-state index contributed by atoms with van der Waals surface area (Å²) in [7, 11) is 0. The summed E-state index contributed by atoms with van der Waals surface area (Å²) in [6, 6.07) is 1.84. The van der Waals surface area contributed by atoms with E-state index in [1.54, 1.807) is 18.5 Å². The molecule has 1 aromatic rings. The number of hydrogen-bond donors (Lipinski definition) is 1. The molecule has 1 heterocycles. The Morgan fingerprint density at radius 2 is 1.85 bits per heavy atom. The molecule has 0 radical (unpaired) electrons. The van der Waals surface area contributed by atoms with Crippen LogP contribution < -0.4 is 15.8 Å². The average Bonchev–Trinajstić information content (AvgIpc) is 2.45. The van der Waals surface area contributed by atoms with E-state index in [1.807, 2.05) is 18.2 Å². The van der Waals surface area contributed by atoms with Gasteiger partial charge in [0.15, 0.2) is 6.21 Å². The summed E-state index contributed by atoms with van der Waals surface area (Å²) in [6.07, 6.45) is 10.3. The van der Waals surface area contributed by atoms with Crippen LogP contribution in [0.15, 0.2) is 79.2 Å². The summed E-state index contributed by atoms with van der Waals surface area (Å²) < 4.78 is 0. The first-order chi connectivity index (χ1) is 9.49. The van der Waals surface area contributed by atoms with Crippen LogP contribution in [0.25, 0.3) is 12.7 Å². The fraction of sp³-hybridized carbons (Fsp3) is 0. The van der Waals surface area contributed by atoms with Crippen molar-refractivity contribution in [2.75, 3.05) is 0 Å². The normalized spacial score (nSPS) is 11.8. The average molecular weight is 263 g/mol. The number of allylic oxidation sites excluding steroid dienone is 6. The minimum atomic E-state index is 0.737. The van der Waals surface area contributed by atoms with Gasteiger partial charge < -0.3 is 0 Å². The molecule has 100 valence electrons. The van der Waals surface area contributed by atoms with E-state index in [4.69, 9.17) is 5.41 Å². The van der Waals surface area contributed by atoms with Crippen LogP contribution in [0, 0.1) is 0 Å². The smallest absolute Gasteiger partial charge is 0.168 e. The Balaban J connectivity index is 3.11. The van der Waals surface area contributed by atoms with Crippen molar-refractivity contribution in [2.45, 2.75) is 0 Å². The third kappa shape index (κ3) is 3.89. The van der Waals surface area contributed by atoms with Gasteiger partial charge in [-0.1, -0.05) is 39.0 Å². The Hall–Kier alpha value is -2.74. The Morgan fingerprint density at radius 1 is 1.15 bits per heavy atom. The Morgan fingerprint density at radius 3 is 2.40 bits per heavy atom. The van der Waals surface area contributed by atoms with Crippen LogP contribution in [0.3, 0.4) is 0 Å². The highest BCUT2D eigenvalue weighted by Gasteiger charge is 2.01. The van der Waals surface area contributed by atoms with Gasteiger partial charge in [0.25, 0.3) is 0 Å². The monoisotopic (exact) mass is 263 g/mol. The van der Waals surface area contributed by atoms with Gasteiger partial charge in [-0.25, -0.2) is 0 Å². The molecule has 0 bridgehead atoms. The second-order valence-electron chi connectivity index (χ2n) is 4.27. The maximum absolute atomic E-state index is 5.57. The van der Waals surface area contributed by atoms with E-state index in [2.05, 4.69) is 37.9 Å². The molecule has 0 fully saturated rings. The molecule has 0 aliphatic carbocycles. The van der Waals surface area contributed by atoms with Crippen LogP contribution in [-0.2, 0) is 0 Å². The lowest BCUT2D eigenvalue weighted by molar-refractivity contribution is -0.104. The predicted molar refractivity (Wildman–Crippen MR) is 87.2 cm³/mol. The second-order valence-corrected chi connectivity index (χ2v) is 4.27. The molecular formula is C18H19N2+. The summed E-state index contributed by atoms with van der Waals surface area (Å²) in [4.78, 5) is 4.07. The lowest BCUT2D eigenvalue weighted by Gasteiger charge is -2.02. The van der Waals surface area contributed by atoms with Crippen molar-refractivity contribution in [2.24, 2.45) is 0 Å².